The Bertz CT molecular complexity index is 636. The number of thiophene rings is 1. The van der Waals surface area contributed by atoms with Crippen molar-refractivity contribution in [2.24, 2.45) is 11.8 Å². The number of likely N-dealkylation sites (tertiary alicyclic amines) is 1. The average molecular weight is 346 g/mol. The summed E-state index contributed by atoms with van der Waals surface area (Å²) in [5.74, 6) is 1.31. The lowest BCUT2D eigenvalue weighted by Gasteiger charge is -2.34. The predicted molar refractivity (Wildman–Crippen MR) is 98.3 cm³/mol. The van der Waals surface area contributed by atoms with Gasteiger partial charge in [0, 0.05) is 18.0 Å². The zero-order valence-electron chi connectivity index (χ0n) is 14.7. The van der Waals surface area contributed by atoms with Crippen LogP contribution < -0.4 is 5.32 Å². The van der Waals surface area contributed by atoms with Crippen LogP contribution >= 0.6 is 11.3 Å². The van der Waals surface area contributed by atoms with E-state index in [9.17, 15) is 10.1 Å². The van der Waals surface area contributed by atoms with Crippen molar-refractivity contribution in [1.82, 2.24) is 4.90 Å². The monoisotopic (exact) mass is 345 g/mol. The molecule has 1 saturated heterocycles. The van der Waals surface area contributed by atoms with Gasteiger partial charge in [-0.2, -0.15) is 5.26 Å². The molecule has 2 atom stereocenters. The number of nitrogens with zero attached hydrogens (tertiary/aromatic N) is 2. The van der Waals surface area contributed by atoms with Crippen LogP contribution in [0.5, 0.6) is 0 Å². The number of fused-ring (bicyclic) bond motifs is 1. The molecule has 3 rings (SSSR count). The van der Waals surface area contributed by atoms with Gasteiger partial charge in [-0.1, -0.05) is 20.3 Å². The Hall–Kier alpha value is -1.38. The lowest BCUT2D eigenvalue weighted by Crippen LogP contribution is -2.42. The van der Waals surface area contributed by atoms with E-state index in [0.717, 1.165) is 37.4 Å². The molecule has 0 bridgehead atoms. The minimum absolute atomic E-state index is 0.0178. The Balaban J connectivity index is 1.67. The number of hydrogen-bond donors (Lipinski definition) is 1. The van der Waals surface area contributed by atoms with Gasteiger partial charge in [-0.05, 0) is 49.5 Å². The fourth-order valence-corrected chi connectivity index (χ4v) is 5.50. The summed E-state index contributed by atoms with van der Waals surface area (Å²) in [6.07, 6.45) is 6.84. The topological polar surface area (TPSA) is 56.1 Å². The normalized spacial score (nSPS) is 24.7. The van der Waals surface area contributed by atoms with E-state index in [1.165, 1.54) is 29.7 Å². The Morgan fingerprint density at radius 3 is 2.67 bits per heavy atom. The fourth-order valence-electron chi connectivity index (χ4n) is 4.24. The van der Waals surface area contributed by atoms with Crippen LogP contribution in [0, 0.1) is 23.2 Å². The first kappa shape index (κ1) is 17.4. The van der Waals surface area contributed by atoms with E-state index in [4.69, 9.17) is 0 Å². The summed E-state index contributed by atoms with van der Waals surface area (Å²) in [6, 6.07) is 2.34. The van der Waals surface area contributed by atoms with Crippen LogP contribution in [0.3, 0.4) is 0 Å². The van der Waals surface area contributed by atoms with Crippen molar-refractivity contribution in [2.75, 3.05) is 25.0 Å². The van der Waals surface area contributed by atoms with E-state index in [1.54, 1.807) is 11.3 Å². The lowest BCUT2D eigenvalue weighted by molar-refractivity contribution is -0.117. The van der Waals surface area contributed by atoms with Gasteiger partial charge in [0.1, 0.15) is 11.1 Å². The highest BCUT2D eigenvalue weighted by Crippen LogP contribution is 2.37. The second kappa shape index (κ2) is 7.67. The molecule has 1 N–H and O–H groups in total. The second-order valence-corrected chi connectivity index (χ2v) is 8.67. The third-order valence-corrected chi connectivity index (χ3v) is 6.30. The van der Waals surface area contributed by atoms with E-state index in [2.05, 4.69) is 30.1 Å². The number of nitriles is 1. The maximum atomic E-state index is 12.5. The highest BCUT2D eigenvalue weighted by Gasteiger charge is 2.25. The molecule has 2 heterocycles. The van der Waals surface area contributed by atoms with Gasteiger partial charge in [-0.25, -0.2) is 0 Å². The summed E-state index contributed by atoms with van der Waals surface area (Å²) < 4.78 is 0. The van der Waals surface area contributed by atoms with Crippen molar-refractivity contribution in [3.8, 4) is 6.07 Å². The second-order valence-electron chi connectivity index (χ2n) is 7.57. The lowest BCUT2D eigenvalue weighted by atomic mass is 9.92. The van der Waals surface area contributed by atoms with Crippen molar-refractivity contribution in [1.29, 1.82) is 5.26 Å². The van der Waals surface area contributed by atoms with Crippen LogP contribution in [0.1, 0.15) is 55.5 Å². The molecule has 0 aromatic carbocycles. The smallest absolute Gasteiger partial charge is 0.239 e. The number of piperidine rings is 1. The maximum Gasteiger partial charge on any atom is 0.239 e. The van der Waals surface area contributed by atoms with Gasteiger partial charge in [0.2, 0.25) is 5.91 Å². The standard InChI is InChI=1S/C19H27N3OS/c1-13-8-14(2)11-22(10-13)12-18(23)21-19-16(9-20)15-6-4-3-5-7-17(15)24-19/h13-14H,3-8,10-12H2,1-2H3,(H,21,23). The number of hydrogen-bond acceptors (Lipinski definition) is 4. The molecule has 1 fully saturated rings. The van der Waals surface area contributed by atoms with Gasteiger partial charge in [0.25, 0.3) is 0 Å². The minimum Gasteiger partial charge on any atom is -0.315 e. The summed E-state index contributed by atoms with van der Waals surface area (Å²) in [7, 11) is 0. The third kappa shape index (κ3) is 3.99. The Morgan fingerprint density at radius 2 is 1.96 bits per heavy atom. The van der Waals surface area contributed by atoms with Crippen LogP contribution in [-0.4, -0.2) is 30.4 Å². The molecule has 24 heavy (non-hydrogen) atoms. The van der Waals surface area contributed by atoms with Gasteiger partial charge in [-0.15, -0.1) is 11.3 Å². The van der Waals surface area contributed by atoms with E-state index in [1.807, 2.05) is 0 Å². The Labute approximate surface area is 148 Å². The molecule has 130 valence electrons. The van der Waals surface area contributed by atoms with Crippen LogP contribution in [-0.2, 0) is 17.6 Å². The molecule has 1 aliphatic carbocycles. The quantitative estimate of drug-likeness (QED) is 0.848. The van der Waals surface area contributed by atoms with E-state index < -0.39 is 0 Å². The Morgan fingerprint density at radius 1 is 1.25 bits per heavy atom. The molecule has 5 heteroatoms. The molecule has 0 spiro atoms. The highest BCUT2D eigenvalue weighted by molar-refractivity contribution is 7.16. The van der Waals surface area contributed by atoms with Crippen molar-refractivity contribution >= 4 is 22.2 Å². The van der Waals surface area contributed by atoms with Gasteiger partial charge in [0.05, 0.1) is 12.1 Å². The first-order valence-electron chi connectivity index (χ1n) is 9.13. The summed E-state index contributed by atoms with van der Waals surface area (Å²) in [4.78, 5) is 16.0. The third-order valence-electron chi connectivity index (χ3n) is 5.10. The van der Waals surface area contributed by atoms with Crippen molar-refractivity contribution < 1.29 is 4.79 Å². The maximum absolute atomic E-state index is 12.5. The SMILES string of the molecule is CC1CC(C)CN(CC(=O)Nc2sc3c(c2C#N)CCCCC3)C1. The molecular formula is C19H27N3OS. The first-order valence-corrected chi connectivity index (χ1v) is 9.95. The minimum atomic E-state index is 0.0178. The number of aryl methyl sites for hydroxylation is 1. The van der Waals surface area contributed by atoms with E-state index in [-0.39, 0.29) is 5.91 Å². The molecule has 1 aliphatic heterocycles. The van der Waals surface area contributed by atoms with Crippen LogP contribution in [0.4, 0.5) is 5.00 Å². The van der Waals surface area contributed by atoms with Crippen LogP contribution in [0.15, 0.2) is 0 Å². The highest BCUT2D eigenvalue weighted by atomic mass is 32.1. The van der Waals surface area contributed by atoms with Gasteiger partial charge in [-0.3, -0.25) is 9.69 Å². The van der Waals surface area contributed by atoms with Gasteiger partial charge < -0.3 is 5.32 Å². The number of carbonyl (C=O) groups excluding carboxylic acids is 1. The van der Waals surface area contributed by atoms with Crippen molar-refractivity contribution in [2.45, 2.75) is 52.4 Å². The van der Waals surface area contributed by atoms with Gasteiger partial charge >= 0.3 is 0 Å². The zero-order valence-corrected chi connectivity index (χ0v) is 15.5. The summed E-state index contributed by atoms with van der Waals surface area (Å²) in [6.45, 7) is 6.92. The first-order chi connectivity index (χ1) is 11.6. The van der Waals surface area contributed by atoms with Gasteiger partial charge in [0.15, 0.2) is 0 Å². The zero-order chi connectivity index (χ0) is 17.1. The molecule has 0 saturated carbocycles. The average Bonchev–Trinajstić information content (AvgIpc) is 2.66. The van der Waals surface area contributed by atoms with Crippen molar-refractivity contribution in [3.05, 3.63) is 16.0 Å². The van der Waals surface area contributed by atoms with Crippen molar-refractivity contribution in [3.63, 3.8) is 0 Å². The number of nitrogens with one attached hydrogen (secondary N) is 1. The largest absolute Gasteiger partial charge is 0.315 e. The molecule has 2 aliphatic rings. The molecule has 1 aromatic heterocycles. The fraction of sp³-hybridized carbons (Fsp3) is 0.684. The van der Waals surface area contributed by atoms with E-state index >= 15 is 0 Å². The Kier molecular flexibility index (Phi) is 5.57. The number of amides is 1. The summed E-state index contributed by atoms with van der Waals surface area (Å²) in [5, 5.41) is 13.4. The number of rotatable bonds is 3. The van der Waals surface area contributed by atoms with Crippen LogP contribution in [0.2, 0.25) is 0 Å². The number of anilines is 1. The van der Waals surface area contributed by atoms with E-state index in [0.29, 0.717) is 23.9 Å². The summed E-state index contributed by atoms with van der Waals surface area (Å²) >= 11 is 1.62. The molecule has 1 amide bonds. The molecule has 4 nitrogen and oxygen atoms in total. The molecule has 0 radical (unpaired) electrons. The predicted octanol–water partition coefficient (Wildman–Crippen LogP) is 3.81. The molecule has 1 aromatic rings. The summed E-state index contributed by atoms with van der Waals surface area (Å²) in [5.41, 5.74) is 1.90. The number of carbonyl (C=O) groups is 1. The van der Waals surface area contributed by atoms with Crippen LogP contribution in [0.25, 0.3) is 0 Å². The molecular weight excluding hydrogens is 318 g/mol. The molecule has 2 unspecified atom stereocenters.